The van der Waals surface area contributed by atoms with E-state index < -0.39 is 10.0 Å². The highest BCUT2D eigenvalue weighted by atomic mass is 32.2. The first kappa shape index (κ1) is 18.2. The number of morpholine rings is 1. The van der Waals surface area contributed by atoms with Crippen molar-refractivity contribution >= 4 is 21.4 Å². The van der Waals surface area contributed by atoms with E-state index in [-0.39, 0.29) is 0 Å². The first-order valence-electron chi connectivity index (χ1n) is 9.24. The summed E-state index contributed by atoms with van der Waals surface area (Å²) in [6, 6.07) is 14.0. The molecule has 4 rings (SSSR count). The van der Waals surface area contributed by atoms with E-state index in [0.29, 0.717) is 31.2 Å². The van der Waals surface area contributed by atoms with Gasteiger partial charge in [-0.3, -0.25) is 4.90 Å². The average Bonchev–Trinajstić information content (AvgIpc) is 2.75. The van der Waals surface area contributed by atoms with Gasteiger partial charge < -0.3 is 4.74 Å². The van der Waals surface area contributed by atoms with Crippen LogP contribution in [0.2, 0.25) is 0 Å². The lowest BCUT2D eigenvalue weighted by Gasteiger charge is -2.26. The van der Waals surface area contributed by atoms with Crippen molar-refractivity contribution in [3.8, 4) is 0 Å². The van der Waals surface area contributed by atoms with Crippen LogP contribution in [0, 0.1) is 0 Å². The van der Waals surface area contributed by atoms with Gasteiger partial charge in [0.1, 0.15) is 17.6 Å². The maximum absolute atomic E-state index is 12.7. The van der Waals surface area contributed by atoms with Gasteiger partial charge >= 0.3 is 0 Å². The largest absolute Gasteiger partial charge is 0.379 e. The van der Waals surface area contributed by atoms with Crippen LogP contribution in [0.4, 0.5) is 5.82 Å². The minimum atomic E-state index is -3.46. The number of rotatable bonds is 4. The smallest absolute Gasteiger partial charge is 0.274 e. The summed E-state index contributed by atoms with van der Waals surface area (Å²) in [5, 5.41) is 0. The second kappa shape index (κ2) is 7.80. The topological polar surface area (TPSA) is 64.0 Å². The van der Waals surface area contributed by atoms with Crippen LogP contribution in [0.1, 0.15) is 12.0 Å². The Bertz CT molecular complexity index is 905. The maximum Gasteiger partial charge on any atom is 0.274 e. The quantitative estimate of drug-likeness (QED) is 0.804. The highest BCUT2D eigenvalue weighted by molar-refractivity contribution is 7.89. The molecule has 1 aromatic heterocycles. The zero-order valence-corrected chi connectivity index (χ0v) is 16.0. The fraction of sp³-hybridized carbons (Fsp3) is 0.350. The van der Waals surface area contributed by atoms with Gasteiger partial charge in [-0.1, -0.05) is 30.3 Å². The van der Waals surface area contributed by atoms with E-state index in [1.807, 2.05) is 12.1 Å². The van der Waals surface area contributed by atoms with Crippen LogP contribution in [0.15, 0.2) is 59.6 Å². The van der Waals surface area contributed by atoms with Gasteiger partial charge in [0.2, 0.25) is 10.0 Å². The number of ether oxygens (including phenoxy) is 1. The van der Waals surface area contributed by atoms with Gasteiger partial charge in [0.25, 0.3) is 5.82 Å². The first-order chi connectivity index (χ1) is 13.1. The lowest BCUT2D eigenvalue weighted by molar-refractivity contribution is -0.367. The predicted molar refractivity (Wildman–Crippen MR) is 104 cm³/mol. The Morgan fingerprint density at radius 2 is 1.74 bits per heavy atom. The molecule has 1 saturated heterocycles. The Morgan fingerprint density at radius 3 is 2.37 bits per heavy atom. The number of pyridine rings is 1. The monoisotopic (exact) mass is 386 g/mol. The molecule has 142 valence electrons. The van der Waals surface area contributed by atoms with E-state index in [4.69, 9.17) is 4.74 Å². The van der Waals surface area contributed by atoms with Gasteiger partial charge in [-0.25, -0.2) is 13.4 Å². The number of H-pyrrole nitrogens is 1. The summed E-state index contributed by atoms with van der Waals surface area (Å²) in [5.41, 5.74) is 2.63. The Kier molecular flexibility index (Phi) is 5.24. The molecule has 0 aliphatic carbocycles. The van der Waals surface area contributed by atoms with Crippen LogP contribution in [0.3, 0.4) is 0 Å². The molecule has 6 nitrogen and oxygen atoms in total. The molecule has 1 fully saturated rings. The van der Waals surface area contributed by atoms with Crippen molar-refractivity contribution < 1.29 is 18.1 Å². The average molecular weight is 386 g/mol. The molecule has 1 aromatic carbocycles. The summed E-state index contributed by atoms with van der Waals surface area (Å²) >= 11 is 0. The number of aromatic amines is 1. The molecule has 1 N–H and O–H groups in total. The lowest BCUT2D eigenvalue weighted by Crippen LogP contribution is -2.41. The number of hydrogen-bond donors (Lipinski definition) is 0. The third-order valence-electron chi connectivity index (χ3n) is 5.07. The third kappa shape index (κ3) is 3.90. The first-order valence-corrected chi connectivity index (χ1v) is 10.7. The van der Waals surface area contributed by atoms with E-state index in [9.17, 15) is 8.42 Å². The standard InChI is InChI=1S/C20H23N3O3S/c24-27(25,23-12-14-26-15-13-23)19-6-7-20(21-16-19)22-10-8-18(9-11-22)17-4-2-1-3-5-17/h1-8,16H,9-15H2/p+1. The van der Waals surface area contributed by atoms with Crippen molar-refractivity contribution in [2.75, 3.05) is 44.3 Å². The normalized spacial score (nSPS) is 19.0. The van der Waals surface area contributed by atoms with Crippen molar-refractivity contribution in [2.24, 2.45) is 0 Å². The van der Waals surface area contributed by atoms with Crippen molar-refractivity contribution in [3.63, 3.8) is 0 Å². The molecule has 0 amide bonds. The summed E-state index contributed by atoms with van der Waals surface area (Å²) in [6.07, 6.45) is 4.80. The summed E-state index contributed by atoms with van der Waals surface area (Å²) < 4.78 is 32.1. The molecule has 27 heavy (non-hydrogen) atoms. The Balaban J connectivity index is 1.46. The second-order valence-corrected chi connectivity index (χ2v) is 8.66. The highest BCUT2D eigenvalue weighted by Gasteiger charge is 2.28. The molecule has 3 heterocycles. The summed E-state index contributed by atoms with van der Waals surface area (Å²) in [7, 11) is -3.46. The van der Waals surface area contributed by atoms with E-state index in [0.717, 1.165) is 25.3 Å². The number of nitrogens with zero attached hydrogens (tertiary/aromatic N) is 2. The minimum absolute atomic E-state index is 0.297. The van der Waals surface area contributed by atoms with Gasteiger partial charge in [0.15, 0.2) is 0 Å². The lowest BCUT2D eigenvalue weighted by atomic mass is 10.00. The van der Waals surface area contributed by atoms with E-state index in [1.54, 1.807) is 12.3 Å². The highest BCUT2D eigenvalue weighted by Crippen LogP contribution is 2.24. The maximum atomic E-state index is 12.7. The molecular weight excluding hydrogens is 362 g/mol. The fourth-order valence-corrected chi connectivity index (χ4v) is 4.87. The predicted octanol–water partition coefficient (Wildman–Crippen LogP) is 1.82. The van der Waals surface area contributed by atoms with Gasteiger partial charge in [-0.05, 0) is 23.3 Å². The van der Waals surface area contributed by atoms with Crippen molar-refractivity contribution in [2.45, 2.75) is 11.3 Å². The number of benzene rings is 1. The molecular formula is C20H24N3O3S+. The van der Waals surface area contributed by atoms with E-state index in [2.05, 4.69) is 40.2 Å². The molecule has 0 atom stereocenters. The van der Waals surface area contributed by atoms with Crippen molar-refractivity contribution in [1.82, 2.24) is 4.31 Å². The molecule has 0 saturated carbocycles. The van der Waals surface area contributed by atoms with Crippen LogP contribution in [-0.4, -0.2) is 52.1 Å². The molecule has 0 radical (unpaired) electrons. The van der Waals surface area contributed by atoms with Crippen molar-refractivity contribution in [1.29, 1.82) is 0 Å². The number of aromatic nitrogens is 1. The third-order valence-corrected chi connectivity index (χ3v) is 6.96. The minimum Gasteiger partial charge on any atom is -0.379 e. The Labute approximate surface area is 160 Å². The summed E-state index contributed by atoms with van der Waals surface area (Å²) in [6.45, 7) is 3.41. The molecule has 7 heteroatoms. The van der Waals surface area contributed by atoms with Crippen LogP contribution >= 0.6 is 0 Å². The second-order valence-electron chi connectivity index (χ2n) is 6.72. The zero-order chi connectivity index (χ0) is 18.7. The fourth-order valence-electron chi connectivity index (χ4n) is 3.50. The van der Waals surface area contributed by atoms with Crippen molar-refractivity contribution in [3.05, 3.63) is 60.3 Å². The SMILES string of the molecule is O=S(=O)(c1ccc(N2CC=C(c3ccccc3)CC2)[nH+]c1)N1CCOCC1. The van der Waals surface area contributed by atoms with Gasteiger partial charge in [0, 0.05) is 25.6 Å². The van der Waals surface area contributed by atoms with Crippen LogP contribution < -0.4 is 9.88 Å². The summed E-state index contributed by atoms with van der Waals surface area (Å²) in [4.78, 5) is 5.68. The van der Waals surface area contributed by atoms with Crippen LogP contribution in [0.25, 0.3) is 5.57 Å². The van der Waals surface area contributed by atoms with Gasteiger partial charge in [-0.2, -0.15) is 4.31 Å². The molecule has 0 spiro atoms. The Hall–Kier alpha value is -2.22. The van der Waals surface area contributed by atoms with E-state index >= 15 is 0 Å². The zero-order valence-electron chi connectivity index (χ0n) is 15.2. The Morgan fingerprint density at radius 1 is 0.963 bits per heavy atom. The molecule has 2 aliphatic heterocycles. The van der Waals surface area contributed by atoms with Gasteiger partial charge in [-0.15, -0.1) is 0 Å². The van der Waals surface area contributed by atoms with E-state index in [1.165, 1.54) is 15.4 Å². The molecule has 0 bridgehead atoms. The number of hydrogen-bond acceptors (Lipinski definition) is 4. The van der Waals surface area contributed by atoms with Crippen LogP contribution in [0.5, 0.6) is 0 Å². The number of anilines is 1. The molecule has 2 aliphatic rings. The molecule has 2 aromatic rings. The number of nitrogens with one attached hydrogen (secondary N) is 1. The van der Waals surface area contributed by atoms with Gasteiger partial charge in [0.05, 0.1) is 19.8 Å². The van der Waals surface area contributed by atoms with Crippen LogP contribution in [-0.2, 0) is 14.8 Å². The number of sulfonamides is 1. The molecule has 0 unspecified atom stereocenters. The summed E-state index contributed by atoms with van der Waals surface area (Å²) in [5.74, 6) is 0.930.